The number of aromatic nitrogens is 2. The van der Waals surface area contributed by atoms with Crippen molar-refractivity contribution in [2.24, 2.45) is 0 Å². The molecule has 2 atom stereocenters. The molecular weight excluding hydrogens is 371 g/mol. The van der Waals surface area contributed by atoms with Crippen molar-refractivity contribution in [1.82, 2.24) is 9.97 Å². The molecule has 2 unspecified atom stereocenters. The highest BCUT2D eigenvalue weighted by Gasteiger charge is 2.26. The van der Waals surface area contributed by atoms with Gasteiger partial charge >= 0.3 is 0 Å². The largest absolute Gasteiger partial charge is 0.379 e. The summed E-state index contributed by atoms with van der Waals surface area (Å²) in [5.74, 6) is 1.08. The van der Waals surface area contributed by atoms with Gasteiger partial charge in [-0.2, -0.15) is 4.98 Å². The fraction of sp³-hybridized carbons (Fsp3) is 0.474. The molecule has 0 bridgehead atoms. The van der Waals surface area contributed by atoms with Gasteiger partial charge in [-0.3, -0.25) is 0 Å². The second-order valence-electron chi connectivity index (χ2n) is 6.77. The minimum atomic E-state index is -0.356. The van der Waals surface area contributed by atoms with Gasteiger partial charge in [-0.1, -0.05) is 17.7 Å². The standard InChI is InChI=1S/C19H22ClFN4O2/c20-16-10-13(21)3-4-15(16)17-11-25(7-9-27-17)19-22-6-5-18(24-19)23-14-2-1-8-26-12-14/h3-6,10,14,17H,1-2,7-9,11-12H2,(H,22,23,24). The third kappa shape index (κ3) is 4.48. The third-order valence-corrected chi connectivity index (χ3v) is 5.14. The first-order chi connectivity index (χ1) is 13.2. The molecule has 0 amide bonds. The van der Waals surface area contributed by atoms with Crippen molar-refractivity contribution in [3.05, 3.63) is 46.9 Å². The molecule has 1 aromatic heterocycles. The Morgan fingerprint density at radius 1 is 1.26 bits per heavy atom. The number of morpholine rings is 1. The Morgan fingerprint density at radius 2 is 2.19 bits per heavy atom. The molecule has 0 aliphatic carbocycles. The van der Waals surface area contributed by atoms with Crippen molar-refractivity contribution in [2.45, 2.75) is 25.0 Å². The number of hydrogen-bond donors (Lipinski definition) is 1. The van der Waals surface area contributed by atoms with Crippen molar-refractivity contribution < 1.29 is 13.9 Å². The average molecular weight is 393 g/mol. The van der Waals surface area contributed by atoms with Gasteiger partial charge in [0.05, 0.1) is 25.8 Å². The number of hydrogen-bond acceptors (Lipinski definition) is 6. The van der Waals surface area contributed by atoms with Gasteiger partial charge in [-0.15, -0.1) is 0 Å². The van der Waals surface area contributed by atoms with Gasteiger partial charge in [-0.05, 0) is 31.0 Å². The Bertz CT molecular complexity index is 788. The van der Waals surface area contributed by atoms with Gasteiger partial charge in [-0.25, -0.2) is 9.37 Å². The fourth-order valence-corrected chi connectivity index (χ4v) is 3.72. The minimum absolute atomic E-state index is 0.251. The van der Waals surface area contributed by atoms with E-state index < -0.39 is 0 Å². The summed E-state index contributed by atoms with van der Waals surface area (Å²) in [4.78, 5) is 11.1. The van der Waals surface area contributed by atoms with Crippen molar-refractivity contribution in [3.8, 4) is 0 Å². The average Bonchev–Trinajstić information content (AvgIpc) is 2.69. The van der Waals surface area contributed by atoms with Crippen LogP contribution in [0.3, 0.4) is 0 Å². The predicted octanol–water partition coefficient (Wildman–Crippen LogP) is 3.44. The van der Waals surface area contributed by atoms with Crippen molar-refractivity contribution in [1.29, 1.82) is 0 Å². The van der Waals surface area contributed by atoms with Gasteiger partial charge < -0.3 is 19.7 Å². The van der Waals surface area contributed by atoms with Gasteiger partial charge in [0.1, 0.15) is 17.7 Å². The van der Waals surface area contributed by atoms with Gasteiger partial charge in [0.15, 0.2) is 0 Å². The van der Waals surface area contributed by atoms with E-state index in [9.17, 15) is 4.39 Å². The van der Waals surface area contributed by atoms with E-state index in [1.54, 1.807) is 12.3 Å². The number of ether oxygens (including phenoxy) is 2. The number of benzene rings is 1. The number of rotatable bonds is 4. The summed E-state index contributed by atoms with van der Waals surface area (Å²) in [6.45, 7) is 3.29. The summed E-state index contributed by atoms with van der Waals surface area (Å²) >= 11 is 6.20. The zero-order chi connectivity index (χ0) is 18.6. The van der Waals surface area contributed by atoms with E-state index >= 15 is 0 Å². The van der Waals surface area contributed by atoms with E-state index in [1.807, 2.05) is 6.07 Å². The molecule has 2 fully saturated rings. The van der Waals surface area contributed by atoms with Gasteiger partial charge in [0.2, 0.25) is 5.95 Å². The fourth-order valence-electron chi connectivity index (χ4n) is 3.43. The van der Waals surface area contributed by atoms with Crippen LogP contribution in [0.2, 0.25) is 5.02 Å². The normalized spacial score (nSPS) is 23.3. The summed E-state index contributed by atoms with van der Waals surface area (Å²) in [7, 11) is 0. The van der Waals surface area contributed by atoms with Crippen LogP contribution in [0.4, 0.5) is 16.2 Å². The maximum atomic E-state index is 13.3. The second kappa shape index (κ2) is 8.37. The van der Waals surface area contributed by atoms with E-state index in [2.05, 4.69) is 20.2 Å². The summed E-state index contributed by atoms with van der Waals surface area (Å²) < 4.78 is 24.7. The number of nitrogens with zero attached hydrogens (tertiary/aromatic N) is 3. The molecule has 0 radical (unpaired) electrons. The zero-order valence-electron chi connectivity index (χ0n) is 14.9. The molecule has 2 aromatic rings. The smallest absolute Gasteiger partial charge is 0.227 e. The number of halogens is 2. The molecule has 6 nitrogen and oxygen atoms in total. The molecule has 2 saturated heterocycles. The minimum Gasteiger partial charge on any atom is -0.379 e. The van der Waals surface area contributed by atoms with Crippen molar-refractivity contribution in [3.63, 3.8) is 0 Å². The maximum Gasteiger partial charge on any atom is 0.227 e. The first-order valence-corrected chi connectivity index (χ1v) is 9.55. The molecule has 144 valence electrons. The number of anilines is 2. The predicted molar refractivity (Wildman–Crippen MR) is 102 cm³/mol. The van der Waals surface area contributed by atoms with Crippen molar-refractivity contribution >= 4 is 23.4 Å². The molecular formula is C19H22ClFN4O2. The summed E-state index contributed by atoms with van der Waals surface area (Å²) in [6.07, 6.45) is 3.63. The molecule has 1 aromatic carbocycles. The van der Waals surface area contributed by atoms with E-state index in [4.69, 9.17) is 21.1 Å². The summed E-state index contributed by atoms with van der Waals surface area (Å²) in [5.41, 5.74) is 0.774. The first-order valence-electron chi connectivity index (χ1n) is 9.18. The van der Waals surface area contributed by atoms with Gasteiger partial charge in [0, 0.05) is 29.9 Å². The molecule has 2 aliphatic rings. The van der Waals surface area contributed by atoms with E-state index in [1.165, 1.54) is 12.1 Å². The Hall–Kier alpha value is -1.96. The van der Waals surface area contributed by atoms with E-state index in [0.29, 0.717) is 37.3 Å². The summed E-state index contributed by atoms with van der Waals surface area (Å²) in [6, 6.07) is 6.53. The first kappa shape index (κ1) is 18.4. The van der Waals surface area contributed by atoms with Crippen LogP contribution in [0, 0.1) is 5.82 Å². The Morgan fingerprint density at radius 3 is 3.00 bits per heavy atom. The van der Waals surface area contributed by atoms with E-state index in [0.717, 1.165) is 30.8 Å². The molecule has 0 saturated carbocycles. The van der Waals surface area contributed by atoms with Gasteiger partial charge in [0.25, 0.3) is 0 Å². The van der Waals surface area contributed by atoms with Crippen molar-refractivity contribution in [2.75, 3.05) is 43.1 Å². The molecule has 8 heteroatoms. The van der Waals surface area contributed by atoms with Crippen LogP contribution < -0.4 is 10.2 Å². The lowest BCUT2D eigenvalue weighted by molar-refractivity contribution is 0.0392. The highest BCUT2D eigenvalue weighted by molar-refractivity contribution is 6.31. The van der Waals surface area contributed by atoms with Crippen LogP contribution in [0.15, 0.2) is 30.5 Å². The quantitative estimate of drug-likeness (QED) is 0.860. The lowest BCUT2D eigenvalue weighted by Crippen LogP contribution is -2.39. The molecule has 1 N–H and O–H groups in total. The monoisotopic (exact) mass is 392 g/mol. The Balaban J connectivity index is 1.47. The topological polar surface area (TPSA) is 59.5 Å². The van der Waals surface area contributed by atoms with Crippen LogP contribution in [0.5, 0.6) is 0 Å². The molecule has 0 spiro atoms. The Kier molecular flexibility index (Phi) is 5.71. The zero-order valence-corrected chi connectivity index (χ0v) is 15.7. The van der Waals surface area contributed by atoms with E-state index in [-0.39, 0.29) is 18.0 Å². The molecule has 27 heavy (non-hydrogen) atoms. The lowest BCUT2D eigenvalue weighted by atomic mass is 10.1. The lowest BCUT2D eigenvalue weighted by Gasteiger charge is -2.33. The molecule has 4 rings (SSSR count). The van der Waals surface area contributed by atoms with Crippen LogP contribution >= 0.6 is 11.6 Å². The van der Waals surface area contributed by atoms with Crippen LogP contribution in [-0.4, -0.2) is 48.9 Å². The number of nitrogens with one attached hydrogen (secondary N) is 1. The third-order valence-electron chi connectivity index (χ3n) is 4.81. The maximum absolute atomic E-state index is 13.3. The molecule has 3 heterocycles. The van der Waals surface area contributed by atoms with Crippen LogP contribution in [0.25, 0.3) is 0 Å². The Labute approximate surface area is 162 Å². The highest BCUT2D eigenvalue weighted by Crippen LogP contribution is 2.30. The highest BCUT2D eigenvalue weighted by atomic mass is 35.5. The SMILES string of the molecule is Fc1ccc(C2CN(c3nccc(NC4CCCOC4)n3)CCO2)c(Cl)c1. The second-order valence-corrected chi connectivity index (χ2v) is 7.18. The summed E-state index contributed by atoms with van der Waals surface area (Å²) in [5, 5.41) is 3.79. The van der Waals surface area contributed by atoms with Crippen LogP contribution in [-0.2, 0) is 9.47 Å². The molecule has 2 aliphatic heterocycles. The van der Waals surface area contributed by atoms with Crippen LogP contribution in [0.1, 0.15) is 24.5 Å².